The number of hydrogen-bond acceptors (Lipinski definition) is 3. The molecule has 0 saturated carbocycles. The molecule has 0 unspecified atom stereocenters. The molecular weight excluding hydrogens is 312 g/mol. The standard InChI is InChI=1S/C21H24N2O2/c1-15(2)17-10-9-16(3)13-20(17)25-12-6-11-23-19-8-5-4-7-18(19)22-14-21(23)24/h4-5,7-10,13-15H,6,11-12H2,1-3H3. The third kappa shape index (κ3) is 3.90. The van der Waals surface area contributed by atoms with E-state index in [1.54, 1.807) is 4.57 Å². The Morgan fingerprint density at radius 3 is 2.76 bits per heavy atom. The summed E-state index contributed by atoms with van der Waals surface area (Å²) < 4.78 is 7.79. The van der Waals surface area contributed by atoms with Gasteiger partial charge < -0.3 is 9.30 Å². The fourth-order valence-electron chi connectivity index (χ4n) is 2.99. The Hall–Kier alpha value is -2.62. The summed E-state index contributed by atoms with van der Waals surface area (Å²) in [4.78, 5) is 16.3. The fraction of sp³-hybridized carbons (Fsp3) is 0.333. The normalized spacial score (nSPS) is 11.2. The van der Waals surface area contributed by atoms with Crippen molar-refractivity contribution in [1.29, 1.82) is 0 Å². The smallest absolute Gasteiger partial charge is 0.269 e. The summed E-state index contributed by atoms with van der Waals surface area (Å²) in [6.45, 7) is 7.59. The Morgan fingerprint density at radius 1 is 1.16 bits per heavy atom. The maximum absolute atomic E-state index is 12.1. The van der Waals surface area contributed by atoms with E-state index in [4.69, 9.17) is 4.74 Å². The minimum absolute atomic E-state index is 0.0721. The summed E-state index contributed by atoms with van der Waals surface area (Å²) in [5, 5.41) is 0. The van der Waals surface area contributed by atoms with E-state index >= 15 is 0 Å². The van der Waals surface area contributed by atoms with Crippen LogP contribution in [0, 0.1) is 6.92 Å². The largest absolute Gasteiger partial charge is 0.493 e. The van der Waals surface area contributed by atoms with E-state index in [0.717, 1.165) is 23.2 Å². The number of benzene rings is 2. The number of para-hydroxylation sites is 2. The molecular formula is C21H24N2O2. The zero-order valence-electron chi connectivity index (χ0n) is 15.0. The number of aromatic nitrogens is 2. The third-order valence-corrected chi connectivity index (χ3v) is 4.33. The van der Waals surface area contributed by atoms with Gasteiger partial charge in [-0.15, -0.1) is 0 Å². The maximum atomic E-state index is 12.1. The average Bonchev–Trinajstić information content (AvgIpc) is 2.60. The Bertz CT molecular complexity index is 929. The third-order valence-electron chi connectivity index (χ3n) is 4.33. The summed E-state index contributed by atoms with van der Waals surface area (Å²) >= 11 is 0. The maximum Gasteiger partial charge on any atom is 0.269 e. The van der Waals surface area contributed by atoms with Crippen molar-refractivity contribution in [1.82, 2.24) is 9.55 Å². The van der Waals surface area contributed by atoms with E-state index in [0.29, 0.717) is 19.1 Å². The molecule has 1 heterocycles. The monoisotopic (exact) mass is 336 g/mol. The molecule has 0 atom stereocenters. The molecule has 0 aliphatic carbocycles. The predicted molar refractivity (Wildman–Crippen MR) is 101 cm³/mol. The molecule has 1 aromatic heterocycles. The summed E-state index contributed by atoms with van der Waals surface area (Å²) in [6.07, 6.45) is 2.15. The van der Waals surface area contributed by atoms with Gasteiger partial charge in [-0.3, -0.25) is 4.79 Å². The van der Waals surface area contributed by atoms with Crippen molar-refractivity contribution < 1.29 is 4.74 Å². The number of fused-ring (bicyclic) bond motifs is 1. The van der Waals surface area contributed by atoms with Gasteiger partial charge >= 0.3 is 0 Å². The van der Waals surface area contributed by atoms with Crippen molar-refractivity contribution in [2.75, 3.05) is 6.61 Å². The van der Waals surface area contributed by atoms with Gasteiger partial charge in [0.2, 0.25) is 0 Å². The SMILES string of the molecule is Cc1ccc(C(C)C)c(OCCCn2c(=O)cnc3ccccc32)c1. The topological polar surface area (TPSA) is 44.1 Å². The van der Waals surface area contributed by atoms with Crippen LogP contribution >= 0.6 is 0 Å². The molecule has 0 radical (unpaired) electrons. The molecule has 0 amide bonds. The van der Waals surface area contributed by atoms with Crippen LogP contribution in [0.25, 0.3) is 11.0 Å². The number of rotatable bonds is 6. The highest BCUT2D eigenvalue weighted by molar-refractivity contribution is 5.74. The molecule has 3 rings (SSSR count). The summed E-state index contributed by atoms with van der Waals surface area (Å²) in [7, 11) is 0. The minimum atomic E-state index is -0.0721. The zero-order chi connectivity index (χ0) is 17.8. The van der Waals surface area contributed by atoms with Crippen LogP contribution < -0.4 is 10.3 Å². The Morgan fingerprint density at radius 2 is 1.96 bits per heavy atom. The van der Waals surface area contributed by atoms with Gasteiger partial charge in [-0.05, 0) is 48.6 Å². The minimum Gasteiger partial charge on any atom is -0.493 e. The van der Waals surface area contributed by atoms with Crippen molar-refractivity contribution in [3.8, 4) is 5.75 Å². The highest BCUT2D eigenvalue weighted by Gasteiger charge is 2.08. The van der Waals surface area contributed by atoms with E-state index in [-0.39, 0.29) is 5.56 Å². The van der Waals surface area contributed by atoms with Crippen molar-refractivity contribution in [2.45, 2.75) is 39.7 Å². The van der Waals surface area contributed by atoms with Gasteiger partial charge in [-0.1, -0.05) is 38.1 Å². The second-order valence-electron chi connectivity index (χ2n) is 6.63. The quantitative estimate of drug-likeness (QED) is 0.631. The van der Waals surface area contributed by atoms with Crippen LogP contribution in [0.3, 0.4) is 0 Å². The molecule has 4 nitrogen and oxygen atoms in total. The molecule has 25 heavy (non-hydrogen) atoms. The Kier molecular flexibility index (Phi) is 5.17. The molecule has 0 aliphatic heterocycles. The van der Waals surface area contributed by atoms with Crippen LogP contribution in [-0.2, 0) is 6.54 Å². The summed E-state index contributed by atoms with van der Waals surface area (Å²) in [6, 6.07) is 14.0. The van der Waals surface area contributed by atoms with Crippen molar-refractivity contribution in [3.63, 3.8) is 0 Å². The molecule has 0 bridgehead atoms. The number of hydrogen-bond donors (Lipinski definition) is 0. The Balaban J connectivity index is 1.70. The van der Waals surface area contributed by atoms with E-state index in [1.165, 1.54) is 17.3 Å². The van der Waals surface area contributed by atoms with Crippen molar-refractivity contribution >= 4 is 11.0 Å². The van der Waals surface area contributed by atoms with Gasteiger partial charge in [0.05, 0.1) is 23.8 Å². The summed E-state index contributed by atoms with van der Waals surface area (Å²) in [5.74, 6) is 1.37. The predicted octanol–water partition coefficient (Wildman–Crippen LogP) is 4.30. The lowest BCUT2D eigenvalue weighted by molar-refractivity contribution is 0.298. The van der Waals surface area contributed by atoms with Crippen LogP contribution in [0.4, 0.5) is 0 Å². The molecule has 4 heteroatoms. The second kappa shape index (κ2) is 7.51. The van der Waals surface area contributed by atoms with Gasteiger partial charge in [-0.2, -0.15) is 0 Å². The van der Waals surface area contributed by atoms with Gasteiger partial charge in [0.15, 0.2) is 0 Å². The van der Waals surface area contributed by atoms with Crippen LogP contribution in [0.15, 0.2) is 53.5 Å². The van der Waals surface area contributed by atoms with Crippen LogP contribution in [0.5, 0.6) is 5.75 Å². The first-order valence-corrected chi connectivity index (χ1v) is 8.74. The molecule has 0 fully saturated rings. The lowest BCUT2D eigenvalue weighted by Crippen LogP contribution is -2.21. The Labute approximate surface area is 148 Å². The lowest BCUT2D eigenvalue weighted by Gasteiger charge is -2.15. The van der Waals surface area contributed by atoms with E-state index < -0.39 is 0 Å². The number of nitrogens with zero attached hydrogens (tertiary/aromatic N) is 2. The number of ether oxygens (including phenoxy) is 1. The second-order valence-corrected chi connectivity index (χ2v) is 6.63. The first-order chi connectivity index (χ1) is 12.1. The van der Waals surface area contributed by atoms with E-state index in [9.17, 15) is 4.79 Å². The lowest BCUT2D eigenvalue weighted by atomic mass is 10.0. The van der Waals surface area contributed by atoms with Crippen LogP contribution in [0.2, 0.25) is 0 Å². The zero-order valence-corrected chi connectivity index (χ0v) is 15.0. The first kappa shape index (κ1) is 17.2. The van der Waals surface area contributed by atoms with Gasteiger partial charge in [0, 0.05) is 6.54 Å². The highest BCUT2D eigenvalue weighted by Crippen LogP contribution is 2.27. The average molecular weight is 336 g/mol. The van der Waals surface area contributed by atoms with Gasteiger partial charge in [-0.25, -0.2) is 4.98 Å². The van der Waals surface area contributed by atoms with Crippen LogP contribution in [0.1, 0.15) is 37.3 Å². The fourth-order valence-corrected chi connectivity index (χ4v) is 2.99. The van der Waals surface area contributed by atoms with Gasteiger partial charge in [0.1, 0.15) is 5.75 Å². The summed E-state index contributed by atoms with van der Waals surface area (Å²) in [5.41, 5.74) is 4.04. The molecule has 0 N–H and O–H groups in total. The number of aryl methyl sites for hydroxylation is 2. The van der Waals surface area contributed by atoms with Gasteiger partial charge in [0.25, 0.3) is 5.56 Å². The van der Waals surface area contributed by atoms with E-state index in [1.807, 2.05) is 24.3 Å². The van der Waals surface area contributed by atoms with E-state index in [2.05, 4.69) is 44.0 Å². The van der Waals surface area contributed by atoms with Crippen LogP contribution in [-0.4, -0.2) is 16.2 Å². The molecule has 0 aliphatic rings. The first-order valence-electron chi connectivity index (χ1n) is 8.74. The van der Waals surface area contributed by atoms with Crippen molar-refractivity contribution in [2.24, 2.45) is 0 Å². The molecule has 2 aromatic carbocycles. The molecule has 3 aromatic rings. The molecule has 0 saturated heterocycles. The van der Waals surface area contributed by atoms with Crippen molar-refractivity contribution in [3.05, 3.63) is 70.1 Å². The molecule has 130 valence electrons. The molecule has 0 spiro atoms. The highest BCUT2D eigenvalue weighted by atomic mass is 16.5.